The Labute approximate surface area is 102 Å². The molecule has 0 saturated heterocycles. The predicted octanol–water partition coefficient (Wildman–Crippen LogP) is 4.32. The fourth-order valence-electron chi connectivity index (χ4n) is 1.37. The molecule has 1 aromatic heterocycles. The van der Waals surface area contributed by atoms with Crippen LogP contribution in [0.1, 0.15) is 53.7 Å². The molecule has 1 heterocycles. The molecule has 0 bridgehead atoms. The molecule has 0 unspecified atom stereocenters. The third-order valence-electron chi connectivity index (χ3n) is 2.28. The minimum atomic E-state index is -4.45. The normalized spacial score (nSPS) is 11.8. The van der Waals surface area contributed by atoms with Gasteiger partial charge in [-0.15, -0.1) is 11.3 Å². The molecule has 1 aromatic rings. The Morgan fingerprint density at radius 1 is 1.35 bits per heavy atom. The van der Waals surface area contributed by atoms with Crippen LogP contribution >= 0.6 is 11.3 Å². The molecule has 0 aliphatic heterocycles. The molecule has 17 heavy (non-hydrogen) atoms. The van der Waals surface area contributed by atoms with Crippen LogP contribution in [0, 0.1) is 0 Å². The number of halogens is 3. The van der Waals surface area contributed by atoms with Crippen molar-refractivity contribution in [3.05, 3.63) is 16.1 Å². The van der Waals surface area contributed by atoms with Gasteiger partial charge in [-0.3, -0.25) is 4.79 Å². The van der Waals surface area contributed by atoms with Crippen molar-refractivity contribution >= 4 is 17.1 Å². The lowest BCUT2D eigenvalue weighted by molar-refractivity contribution is -0.137. The monoisotopic (exact) mass is 265 g/mol. The summed E-state index contributed by atoms with van der Waals surface area (Å²) in [6.07, 6.45) is 0.649. The SMILES string of the molecule is CCCCCCC(=O)c1cnc(C(F)(F)F)s1. The first-order valence-corrected chi connectivity index (χ1v) is 6.33. The summed E-state index contributed by atoms with van der Waals surface area (Å²) in [4.78, 5) is 14.9. The molecule has 0 spiro atoms. The number of Topliss-reactive ketones (excluding diaryl/α,β-unsaturated/α-hetero) is 1. The lowest BCUT2D eigenvalue weighted by Gasteiger charge is -1.99. The van der Waals surface area contributed by atoms with E-state index >= 15 is 0 Å². The summed E-state index contributed by atoms with van der Waals surface area (Å²) in [5, 5.41) is -0.950. The number of alkyl halides is 3. The summed E-state index contributed by atoms with van der Waals surface area (Å²) in [6, 6.07) is 0. The number of nitrogens with zero attached hydrogens (tertiary/aromatic N) is 1. The summed E-state index contributed by atoms with van der Waals surface area (Å²) >= 11 is 0.426. The van der Waals surface area contributed by atoms with E-state index in [4.69, 9.17) is 0 Å². The summed E-state index contributed by atoms with van der Waals surface area (Å²) in [5.41, 5.74) is 0. The van der Waals surface area contributed by atoms with Gasteiger partial charge < -0.3 is 0 Å². The average molecular weight is 265 g/mol. The van der Waals surface area contributed by atoms with E-state index in [1.165, 1.54) is 0 Å². The van der Waals surface area contributed by atoms with Crippen LogP contribution in [0.4, 0.5) is 13.2 Å². The zero-order valence-corrected chi connectivity index (χ0v) is 10.3. The molecule has 0 amide bonds. The molecule has 0 atom stereocenters. The molecule has 0 aliphatic carbocycles. The maximum Gasteiger partial charge on any atom is 0.443 e. The number of unbranched alkanes of at least 4 members (excludes halogenated alkanes) is 3. The van der Waals surface area contributed by atoms with Gasteiger partial charge in [0.05, 0.1) is 4.88 Å². The first-order chi connectivity index (χ1) is 7.95. The number of carbonyl (C=O) groups excluding carboxylic acids is 1. The molecule has 0 N–H and O–H groups in total. The van der Waals surface area contributed by atoms with Crippen molar-refractivity contribution in [3.63, 3.8) is 0 Å². The minimum Gasteiger partial charge on any atom is -0.293 e. The average Bonchev–Trinajstić information content (AvgIpc) is 2.72. The van der Waals surface area contributed by atoms with Crippen LogP contribution in [0.15, 0.2) is 6.20 Å². The van der Waals surface area contributed by atoms with Crippen molar-refractivity contribution in [2.75, 3.05) is 0 Å². The zero-order chi connectivity index (χ0) is 12.9. The van der Waals surface area contributed by atoms with Gasteiger partial charge >= 0.3 is 6.18 Å². The second-order valence-corrected chi connectivity index (χ2v) is 4.79. The maximum absolute atomic E-state index is 12.3. The van der Waals surface area contributed by atoms with E-state index in [1.54, 1.807) is 0 Å². The minimum absolute atomic E-state index is 0.105. The van der Waals surface area contributed by atoms with Gasteiger partial charge in [-0.2, -0.15) is 13.2 Å². The van der Waals surface area contributed by atoms with Gasteiger partial charge in [0, 0.05) is 12.6 Å². The summed E-state index contributed by atoms with van der Waals surface area (Å²) in [6.45, 7) is 2.06. The summed E-state index contributed by atoms with van der Waals surface area (Å²) < 4.78 is 36.8. The number of thiazole rings is 1. The molecule has 96 valence electrons. The number of hydrogen-bond acceptors (Lipinski definition) is 3. The van der Waals surface area contributed by atoms with Crippen LogP contribution in [0.5, 0.6) is 0 Å². The largest absolute Gasteiger partial charge is 0.443 e. The number of hydrogen-bond donors (Lipinski definition) is 0. The molecule has 2 nitrogen and oxygen atoms in total. The second-order valence-electron chi connectivity index (χ2n) is 3.76. The van der Waals surface area contributed by atoms with Gasteiger partial charge in [-0.25, -0.2) is 4.98 Å². The maximum atomic E-state index is 12.3. The summed E-state index contributed by atoms with van der Waals surface area (Å²) in [5.74, 6) is -0.242. The molecular weight excluding hydrogens is 251 g/mol. The molecule has 1 rings (SSSR count). The van der Waals surface area contributed by atoms with E-state index in [0.29, 0.717) is 17.8 Å². The number of rotatable bonds is 6. The van der Waals surface area contributed by atoms with E-state index in [0.717, 1.165) is 31.9 Å². The Morgan fingerprint density at radius 3 is 2.59 bits per heavy atom. The standard InChI is InChI=1S/C11H14F3NOS/c1-2-3-4-5-6-8(16)9-7-15-10(17-9)11(12,13)14/h7H,2-6H2,1H3. The van der Waals surface area contributed by atoms with Crippen LogP contribution in [0.2, 0.25) is 0 Å². The molecule has 0 radical (unpaired) electrons. The third kappa shape index (κ3) is 4.46. The molecule has 0 fully saturated rings. The van der Waals surface area contributed by atoms with Crippen molar-refractivity contribution in [3.8, 4) is 0 Å². The highest BCUT2D eigenvalue weighted by Crippen LogP contribution is 2.32. The number of ketones is 1. The Bertz CT molecular complexity index is 373. The van der Waals surface area contributed by atoms with Crippen molar-refractivity contribution in [2.24, 2.45) is 0 Å². The smallest absolute Gasteiger partial charge is 0.293 e. The third-order valence-corrected chi connectivity index (χ3v) is 3.36. The first-order valence-electron chi connectivity index (χ1n) is 5.51. The fraction of sp³-hybridized carbons (Fsp3) is 0.636. The highest BCUT2D eigenvalue weighted by Gasteiger charge is 2.35. The van der Waals surface area contributed by atoms with Crippen LogP contribution in [0.25, 0.3) is 0 Å². The van der Waals surface area contributed by atoms with Gasteiger partial charge in [-0.1, -0.05) is 26.2 Å². The van der Waals surface area contributed by atoms with Crippen LogP contribution in [0.3, 0.4) is 0 Å². The Kier molecular flexibility index (Phi) is 5.11. The molecule has 0 saturated carbocycles. The topological polar surface area (TPSA) is 30.0 Å². The molecule has 0 aliphatic rings. The Balaban J connectivity index is 2.50. The van der Waals surface area contributed by atoms with E-state index < -0.39 is 11.2 Å². The second kappa shape index (κ2) is 6.14. The van der Waals surface area contributed by atoms with Crippen LogP contribution in [-0.2, 0) is 6.18 Å². The van der Waals surface area contributed by atoms with E-state index in [9.17, 15) is 18.0 Å². The Morgan fingerprint density at radius 2 is 2.06 bits per heavy atom. The lowest BCUT2D eigenvalue weighted by atomic mass is 10.1. The quantitative estimate of drug-likeness (QED) is 0.566. The number of carbonyl (C=O) groups is 1. The zero-order valence-electron chi connectivity index (χ0n) is 9.51. The highest BCUT2D eigenvalue weighted by molar-refractivity contribution is 7.13. The molecule has 0 aromatic carbocycles. The fourth-order valence-corrected chi connectivity index (χ4v) is 2.12. The van der Waals surface area contributed by atoms with Crippen molar-refractivity contribution in [1.82, 2.24) is 4.98 Å². The highest BCUT2D eigenvalue weighted by atomic mass is 32.1. The molecule has 6 heteroatoms. The summed E-state index contributed by atoms with van der Waals surface area (Å²) in [7, 11) is 0. The van der Waals surface area contributed by atoms with E-state index in [-0.39, 0.29) is 10.7 Å². The van der Waals surface area contributed by atoms with Crippen LogP contribution in [-0.4, -0.2) is 10.8 Å². The molecular formula is C11H14F3NOS. The van der Waals surface area contributed by atoms with Gasteiger partial charge in [0.2, 0.25) is 0 Å². The van der Waals surface area contributed by atoms with Gasteiger partial charge in [-0.05, 0) is 6.42 Å². The number of aromatic nitrogens is 1. The lowest BCUT2D eigenvalue weighted by Crippen LogP contribution is -2.03. The van der Waals surface area contributed by atoms with Gasteiger partial charge in [0.25, 0.3) is 0 Å². The Hall–Kier alpha value is -0.910. The van der Waals surface area contributed by atoms with E-state index in [1.807, 2.05) is 0 Å². The predicted molar refractivity (Wildman–Crippen MR) is 60.2 cm³/mol. The van der Waals surface area contributed by atoms with Crippen molar-refractivity contribution < 1.29 is 18.0 Å². The van der Waals surface area contributed by atoms with Crippen molar-refractivity contribution in [2.45, 2.75) is 45.2 Å². The first kappa shape index (κ1) is 14.2. The van der Waals surface area contributed by atoms with Crippen LogP contribution < -0.4 is 0 Å². The van der Waals surface area contributed by atoms with Crippen molar-refractivity contribution in [1.29, 1.82) is 0 Å². The van der Waals surface area contributed by atoms with Gasteiger partial charge in [0.1, 0.15) is 0 Å². The van der Waals surface area contributed by atoms with Gasteiger partial charge in [0.15, 0.2) is 10.8 Å². The van der Waals surface area contributed by atoms with E-state index in [2.05, 4.69) is 11.9 Å².